The number of nitrogens with zero attached hydrogens (tertiary/aromatic N) is 5. The summed E-state index contributed by atoms with van der Waals surface area (Å²) < 4.78 is 5.79. The van der Waals surface area contributed by atoms with E-state index in [1.54, 1.807) is 32.2 Å². The zero-order valence-corrected chi connectivity index (χ0v) is 23.7. The number of anilines is 1. The number of nitriles is 1. The zero-order chi connectivity index (χ0) is 28.3. The molecule has 10 nitrogen and oxygen atoms in total. The van der Waals surface area contributed by atoms with Gasteiger partial charge in [-0.2, -0.15) is 5.26 Å². The number of aliphatic hydroxyl groups excluding tert-OH is 1. The van der Waals surface area contributed by atoms with Crippen molar-refractivity contribution in [1.82, 2.24) is 20.2 Å². The Morgan fingerprint density at radius 2 is 2.03 bits per heavy atom. The van der Waals surface area contributed by atoms with E-state index in [1.165, 1.54) is 6.92 Å². The Kier molecular flexibility index (Phi) is 8.76. The summed E-state index contributed by atoms with van der Waals surface area (Å²) in [6.45, 7) is 9.96. The lowest BCUT2D eigenvalue weighted by Gasteiger charge is -2.61. The van der Waals surface area contributed by atoms with Crippen LogP contribution in [0.25, 0.3) is 17.0 Å². The van der Waals surface area contributed by atoms with Crippen molar-refractivity contribution < 1.29 is 14.6 Å². The number of nitrogens with two attached hydrogens (primary N) is 1. The highest BCUT2D eigenvalue weighted by Crippen LogP contribution is 2.43. The molecule has 2 aliphatic rings. The monoisotopic (exact) mass is 553 g/mol. The minimum atomic E-state index is -0.667. The standard InChI is InChI=1S/C28H36ClN7O3/c1-17-25(24(18(2)31)19(3)37)33-26(22-10-21(6-7-23(22)29)39-12-20(38)11-32-4)34-27(17)36-15-28(16-36)13-35(14-28)9-5-8-30/h6-7,10,20,32,38H,5,9,11-16,31H2,1-4H3/t20-/m1/s1. The van der Waals surface area contributed by atoms with Gasteiger partial charge < -0.3 is 30.7 Å². The zero-order valence-electron chi connectivity index (χ0n) is 22.9. The van der Waals surface area contributed by atoms with Gasteiger partial charge in [-0.15, -0.1) is 0 Å². The van der Waals surface area contributed by atoms with Gasteiger partial charge in [0, 0.05) is 67.9 Å². The van der Waals surface area contributed by atoms with Crippen LogP contribution in [-0.4, -0.2) is 84.8 Å². The number of aromatic nitrogens is 2. The highest BCUT2D eigenvalue weighted by atomic mass is 35.5. The number of halogens is 1. The number of ether oxygens (including phenoxy) is 1. The lowest BCUT2D eigenvalue weighted by molar-refractivity contribution is -0.111. The van der Waals surface area contributed by atoms with Crippen molar-refractivity contribution in [1.29, 1.82) is 5.26 Å². The molecule has 0 unspecified atom stereocenters. The molecule has 3 heterocycles. The third-order valence-electron chi connectivity index (χ3n) is 7.17. The minimum Gasteiger partial charge on any atom is -0.491 e. The molecule has 1 aromatic heterocycles. The highest BCUT2D eigenvalue weighted by Gasteiger charge is 2.52. The maximum atomic E-state index is 12.6. The number of likely N-dealkylation sites (tertiary alicyclic amines) is 1. The molecule has 0 aliphatic carbocycles. The first kappa shape index (κ1) is 28.8. The first-order chi connectivity index (χ1) is 18.6. The van der Waals surface area contributed by atoms with E-state index in [0.717, 1.165) is 44.1 Å². The number of likely N-dealkylation sites (N-methyl/N-ethyl adjacent to an activating group) is 1. The summed E-state index contributed by atoms with van der Waals surface area (Å²) in [6.07, 6.45) is -0.131. The lowest BCUT2D eigenvalue weighted by atomic mass is 9.72. The quantitative estimate of drug-likeness (QED) is 0.355. The Balaban J connectivity index is 1.68. The van der Waals surface area contributed by atoms with Gasteiger partial charge in [0.25, 0.3) is 0 Å². The van der Waals surface area contributed by atoms with E-state index in [4.69, 9.17) is 37.3 Å². The number of ketones is 1. The van der Waals surface area contributed by atoms with Crippen LogP contribution in [0.15, 0.2) is 23.9 Å². The van der Waals surface area contributed by atoms with Crippen molar-refractivity contribution in [2.45, 2.75) is 33.3 Å². The van der Waals surface area contributed by atoms with E-state index < -0.39 is 6.10 Å². The molecule has 0 amide bonds. The van der Waals surface area contributed by atoms with Crippen molar-refractivity contribution in [3.63, 3.8) is 0 Å². The predicted molar refractivity (Wildman–Crippen MR) is 151 cm³/mol. The second-order valence-electron chi connectivity index (χ2n) is 10.6. The molecule has 0 radical (unpaired) electrons. The molecule has 0 saturated carbocycles. The number of allylic oxidation sites excluding steroid dienone is 2. The van der Waals surface area contributed by atoms with Crippen LogP contribution >= 0.6 is 11.6 Å². The smallest absolute Gasteiger partial charge is 0.163 e. The summed E-state index contributed by atoms with van der Waals surface area (Å²) in [5.74, 6) is 1.44. The molecule has 1 aromatic carbocycles. The molecule has 39 heavy (non-hydrogen) atoms. The number of hydrogen-bond donors (Lipinski definition) is 3. The average molecular weight is 554 g/mol. The summed E-state index contributed by atoms with van der Waals surface area (Å²) in [6, 6.07) is 7.39. The SMILES string of the molecule is CNC[C@@H](O)COc1ccc(Cl)c(-c2nc(C(C(C)=O)=C(C)N)c(C)c(N3CC4(CN(CCC#N)C4)C3)n2)c1. The second-order valence-corrected chi connectivity index (χ2v) is 11.0. The van der Waals surface area contributed by atoms with Gasteiger partial charge in [-0.05, 0) is 46.0 Å². The van der Waals surface area contributed by atoms with Crippen molar-refractivity contribution in [2.24, 2.45) is 11.1 Å². The van der Waals surface area contributed by atoms with Gasteiger partial charge in [-0.1, -0.05) is 11.6 Å². The molecule has 4 rings (SSSR count). The first-order valence-corrected chi connectivity index (χ1v) is 13.4. The third kappa shape index (κ3) is 6.17. The minimum absolute atomic E-state index is 0.109. The van der Waals surface area contributed by atoms with Crippen molar-refractivity contribution >= 4 is 28.8 Å². The maximum absolute atomic E-state index is 12.6. The van der Waals surface area contributed by atoms with Crippen molar-refractivity contribution in [3.8, 4) is 23.2 Å². The van der Waals surface area contributed by atoms with Gasteiger partial charge in [-0.25, -0.2) is 9.97 Å². The van der Waals surface area contributed by atoms with Crippen LogP contribution in [0.1, 0.15) is 31.5 Å². The van der Waals surface area contributed by atoms with Crippen LogP contribution in [0, 0.1) is 23.7 Å². The van der Waals surface area contributed by atoms with E-state index >= 15 is 0 Å². The summed E-state index contributed by atoms with van der Waals surface area (Å²) in [5, 5.41) is 22.2. The molecule has 0 bridgehead atoms. The van der Waals surface area contributed by atoms with Crippen LogP contribution in [0.4, 0.5) is 5.82 Å². The van der Waals surface area contributed by atoms with Crippen LogP contribution in [-0.2, 0) is 4.79 Å². The molecule has 2 aliphatic heterocycles. The molecule has 4 N–H and O–H groups in total. The van der Waals surface area contributed by atoms with Crippen molar-refractivity contribution in [3.05, 3.63) is 40.2 Å². The Bertz CT molecular complexity index is 1300. The Morgan fingerprint density at radius 1 is 1.31 bits per heavy atom. The van der Waals surface area contributed by atoms with Gasteiger partial charge in [0.15, 0.2) is 11.6 Å². The molecule has 2 saturated heterocycles. The topological polar surface area (TPSA) is 141 Å². The number of Topliss-reactive ketones (excluding diaryl/α,β-unsaturated/α-hetero) is 1. The molecule has 1 atom stereocenters. The van der Waals surface area contributed by atoms with Gasteiger partial charge in [0.1, 0.15) is 24.3 Å². The second kappa shape index (κ2) is 11.9. The van der Waals surface area contributed by atoms with Crippen LogP contribution in [0.3, 0.4) is 0 Å². The van der Waals surface area contributed by atoms with Gasteiger partial charge in [0.2, 0.25) is 0 Å². The molecule has 2 fully saturated rings. The van der Waals surface area contributed by atoms with Crippen LogP contribution in [0.5, 0.6) is 5.75 Å². The Hall–Kier alpha value is -3.23. The maximum Gasteiger partial charge on any atom is 0.163 e. The fourth-order valence-corrected chi connectivity index (χ4v) is 5.64. The third-order valence-corrected chi connectivity index (χ3v) is 7.50. The van der Waals surface area contributed by atoms with E-state index in [0.29, 0.717) is 52.1 Å². The number of rotatable bonds is 11. The molecule has 11 heteroatoms. The molecular formula is C28H36ClN7O3. The van der Waals surface area contributed by atoms with E-state index in [9.17, 15) is 9.90 Å². The molecule has 208 valence electrons. The number of carbonyl (C=O) groups is 1. The summed E-state index contributed by atoms with van der Waals surface area (Å²) in [4.78, 5) is 26.9. The van der Waals surface area contributed by atoms with Crippen LogP contribution in [0.2, 0.25) is 5.02 Å². The summed E-state index contributed by atoms with van der Waals surface area (Å²) >= 11 is 6.61. The normalized spacial score (nSPS) is 17.6. The number of carbonyl (C=O) groups excluding carboxylic acids is 1. The fourth-order valence-electron chi connectivity index (χ4n) is 5.44. The van der Waals surface area contributed by atoms with Crippen molar-refractivity contribution in [2.75, 3.05) is 57.8 Å². The number of aliphatic hydroxyl groups is 1. The van der Waals surface area contributed by atoms with Crippen LogP contribution < -0.4 is 20.7 Å². The van der Waals surface area contributed by atoms with Gasteiger partial charge >= 0.3 is 0 Å². The Labute approximate surface area is 234 Å². The summed E-state index contributed by atoms with van der Waals surface area (Å²) in [7, 11) is 1.76. The van der Waals surface area contributed by atoms with E-state index in [-0.39, 0.29) is 17.8 Å². The molecule has 2 aromatic rings. The number of benzene rings is 1. The predicted octanol–water partition coefficient (Wildman–Crippen LogP) is 2.38. The van der Waals surface area contributed by atoms with E-state index in [1.807, 2.05) is 6.92 Å². The number of hydrogen-bond acceptors (Lipinski definition) is 10. The fraction of sp³-hybridized carbons (Fsp3) is 0.500. The average Bonchev–Trinajstić information content (AvgIpc) is 2.83. The van der Waals surface area contributed by atoms with E-state index in [2.05, 4.69) is 21.2 Å². The Morgan fingerprint density at radius 3 is 2.64 bits per heavy atom. The van der Waals surface area contributed by atoms with Gasteiger partial charge in [-0.3, -0.25) is 4.79 Å². The molecular weight excluding hydrogens is 518 g/mol. The first-order valence-electron chi connectivity index (χ1n) is 13.0. The van der Waals surface area contributed by atoms with Gasteiger partial charge in [0.05, 0.1) is 22.4 Å². The number of nitrogens with one attached hydrogen (secondary N) is 1. The molecule has 1 spiro atoms. The lowest BCUT2D eigenvalue weighted by Crippen LogP contribution is -2.72. The summed E-state index contributed by atoms with van der Waals surface area (Å²) in [5.41, 5.74) is 8.91. The largest absolute Gasteiger partial charge is 0.491 e. The highest BCUT2D eigenvalue weighted by molar-refractivity contribution is 6.33.